The van der Waals surface area contributed by atoms with Crippen LogP contribution >= 0.6 is 15.9 Å². The molecule has 96 valence electrons. The van der Waals surface area contributed by atoms with Crippen LogP contribution in [-0.4, -0.2) is 9.78 Å². The largest absolute Gasteiger partial charge is 0.304 e. The molecule has 0 unspecified atom stereocenters. The monoisotopic (exact) mass is 311 g/mol. The maximum absolute atomic E-state index is 13.7. The number of nitrogens with zero attached hydrogens (tertiary/aromatic N) is 2. The number of rotatable bonds is 4. The summed E-state index contributed by atoms with van der Waals surface area (Å²) in [6.45, 7) is 2.60. The summed E-state index contributed by atoms with van der Waals surface area (Å²) in [6, 6.07) is 6.86. The van der Waals surface area contributed by atoms with Crippen molar-refractivity contribution in [1.82, 2.24) is 15.1 Å². The van der Waals surface area contributed by atoms with Gasteiger partial charge in [-0.25, -0.2) is 4.39 Å². The minimum Gasteiger partial charge on any atom is -0.304 e. The van der Waals surface area contributed by atoms with Crippen molar-refractivity contribution in [2.75, 3.05) is 0 Å². The summed E-state index contributed by atoms with van der Waals surface area (Å²) < 4.78 is 16.4. The second kappa shape index (κ2) is 5.63. The molecule has 1 heterocycles. The van der Waals surface area contributed by atoms with E-state index >= 15 is 0 Å². The normalized spacial score (nSPS) is 12.7. The van der Waals surface area contributed by atoms with Crippen LogP contribution in [0.1, 0.15) is 24.2 Å². The molecule has 0 radical (unpaired) electrons. The highest BCUT2D eigenvalue weighted by Crippen LogP contribution is 2.21. The molecule has 5 heteroatoms. The first-order valence-corrected chi connectivity index (χ1v) is 6.52. The van der Waals surface area contributed by atoms with Gasteiger partial charge in [0.2, 0.25) is 0 Å². The third-order valence-electron chi connectivity index (χ3n) is 2.94. The molecule has 2 aromatic rings. The van der Waals surface area contributed by atoms with Crippen molar-refractivity contribution in [2.24, 2.45) is 7.05 Å². The van der Waals surface area contributed by atoms with Crippen molar-refractivity contribution in [1.29, 1.82) is 0 Å². The molecule has 1 aromatic carbocycles. The first-order chi connectivity index (χ1) is 8.58. The number of nitrogens with one attached hydrogen (secondary N) is 1. The van der Waals surface area contributed by atoms with Crippen molar-refractivity contribution in [3.63, 3.8) is 0 Å². The lowest BCUT2D eigenvalue weighted by atomic mass is 10.1. The second-order valence-corrected chi connectivity index (χ2v) is 5.13. The summed E-state index contributed by atoms with van der Waals surface area (Å²) in [5.74, 6) is -0.191. The predicted molar refractivity (Wildman–Crippen MR) is 72.6 cm³/mol. The fourth-order valence-corrected chi connectivity index (χ4v) is 2.17. The summed E-state index contributed by atoms with van der Waals surface area (Å²) in [5, 5.41) is 7.38. The number of benzene rings is 1. The number of hydrogen-bond donors (Lipinski definition) is 1. The molecular formula is C13H15BrFN3. The van der Waals surface area contributed by atoms with E-state index < -0.39 is 0 Å². The molecule has 0 aliphatic rings. The third-order valence-corrected chi connectivity index (χ3v) is 3.43. The Morgan fingerprint density at radius 3 is 2.89 bits per heavy atom. The van der Waals surface area contributed by atoms with Crippen LogP contribution in [0, 0.1) is 5.82 Å². The number of aromatic nitrogens is 2. The fourth-order valence-electron chi connectivity index (χ4n) is 1.79. The van der Waals surface area contributed by atoms with Gasteiger partial charge in [0.05, 0.1) is 5.69 Å². The quantitative estimate of drug-likeness (QED) is 0.940. The Kier molecular flexibility index (Phi) is 4.14. The molecule has 0 saturated carbocycles. The lowest BCUT2D eigenvalue weighted by Gasteiger charge is -2.15. The van der Waals surface area contributed by atoms with Crippen LogP contribution in [-0.2, 0) is 13.6 Å². The smallest absolute Gasteiger partial charge is 0.128 e. The molecule has 0 aliphatic carbocycles. The van der Waals surface area contributed by atoms with Crippen molar-refractivity contribution >= 4 is 15.9 Å². The van der Waals surface area contributed by atoms with Gasteiger partial charge in [0, 0.05) is 35.9 Å². The Morgan fingerprint density at radius 1 is 1.44 bits per heavy atom. The average Bonchev–Trinajstić information content (AvgIpc) is 2.75. The van der Waals surface area contributed by atoms with Crippen molar-refractivity contribution in [3.05, 3.63) is 52.0 Å². The standard InChI is InChI=1S/C13H15BrFN3/c1-9(12-7-10(14)3-4-13(12)15)16-8-11-5-6-17-18(11)2/h3-7,9,16H,8H2,1-2H3/t9-/m0/s1. The van der Waals surface area contributed by atoms with E-state index in [2.05, 4.69) is 26.3 Å². The van der Waals surface area contributed by atoms with Gasteiger partial charge in [-0.05, 0) is 31.2 Å². The molecule has 3 nitrogen and oxygen atoms in total. The van der Waals surface area contributed by atoms with Gasteiger partial charge in [0.25, 0.3) is 0 Å². The van der Waals surface area contributed by atoms with Crippen LogP contribution in [0.25, 0.3) is 0 Å². The first kappa shape index (κ1) is 13.2. The topological polar surface area (TPSA) is 29.9 Å². The van der Waals surface area contributed by atoms with Crippen LogP contribution in [0.15, 0.2) is 34.9 Å². The van der Waals surface area contributed by atoms with Gasteiger partial charge in [-0.1, -0.05) is 15.9 Å². The molecule has 0 amide bonds. The van der Waals surface area contributed by atoms with Crippen LogP contribution in [0.5, 0.6) is 0 Å². The Bertz CT molecular complexity index is 539. The van der Waals surface area contributed by atoms with Gasteiger partial charge in [0.15, 0.2) is 0 Å². The van der Waals surface area contributed by atoms with Gasteiger partial charge >= 0.3 is 0 Å². The minimum absolute atomic E-state index is 0.0580. The zero-order valence-electron chi connectivity index (χ0n) is 10.3. The van der Waals surface area contributed by atoms with Gasteiger partial charge in [-0.15, -0.1) is 0 Å². The Hall–Kier alpha value is -1.20. The van der Waals surface area contributed by atoms with Gasteiger partial charge in [-0.2, -0.15) is 5.10 Å². The molecule has 2 rings (SSSR count). The summed E-state index contributed by atoms with van der Waals surface area (Å²) in [5.41, 5.74) is 1.73. The molecule has 0 saturated heterocycles. The fraction of sp³-hybridized carbons (Fsp3) is 0.308. The van der Waals surface area contributed by atoms with Crippen LogP contribution < -0.4 is 5.32 Å². The third kappa shape index (κ3) is 2.97. The molecule has 18 heavy (non-hydrogen) atoms. The molecule has 1 N–H and O–H groups in total. The SMILES string of the molecule is C[C@H](NCc1ccnn1C)c1cc(Br)ccc1F. The maximum Gasteiger partial charge on any atom is 0.128 e. The predicted octanol–water partition coefficient (Wildman–Crippen LogP) is 3.17. The Morgan fingerprint density at radius 2 is 2.22 bits per heavy atom. The van der Waals surface area contributed by atoms with Gasteiger partial charge in [0.1, 0.15) is 5.82 Å². The molecule has 0 aliphatic heterocycles. The molecule has 0 spiro atoms. The van der Waals surface area contributed by atoms with Crippen LogP contribution in [0.3, 0.4) is 0 Å². The summed E-state index contributed by atoms with van der Waals surface area (Å²) in [6.07, 6.45) is 1.75. The minimum atomic E-state index is -0.191. The highest BCUT2D eigenvalue weighted by atomic mass is 79.9. The highest BCUT2D eigenvalue weighted by Gasteiger charge is 2.11. The van der Waals surface area contributed by atoms with E-state index in [-0.39, 0.29) is 11.9 Å². The average molecular weight is 312 g/mol. The van der Waals surface area contributed by atoms with E-state index in [4.69, 9.17) is 0 Å². The summed E-state index contributed by atoms with van der Waals surface area (Å²) >= 11 is 3.36. The molecular weight excluding hydrogens is 297 g/mol. The highest BCUT2D eigenvalue weighted by molar-refractivity contribution is 9.10. The van der Waals surface area contributed by atoms with E-state index in [1.54, 1.807) is 23.0 Å². The zero-order chi connectivity index (χ0) is 13.1. The van der Waals surface area contributed by atoms with E-state index in [1.807, 2.05) is 20.0 Å². The van der Waals surface area contributed by atoms with Crippen molar-refractivity contribution < 1.29 is 4.39 Å². The molecule has 0 bridgehead atoms. The second-order valence-electron chi connectivity index (χ2n) is 4.21. The van der Waals surface area contributed by atoms with Crippen molar-refractivity contribution in [3.8, 4) is 0 Å². The lowest BCUT2D eigenvalue weighted by Crippen LogP contribution is -2.20. The van der Waals surface area contributed by atoms with E-state index in [0.29, 0.717) is 12.1 Å². The molecule has 1 atom stereocenters. The number of hydrogen-bond acceptors (Lipinski definition) is 2. The first-order valence-electron chi connectivity index (χ1n) is 5.73. The maximum atomic E-state index is 13.7. The summed E-state index contributed by atoms with van der Waals surface area (Å²) in [4.78, 5) is 0. The van der Waals surface area contributed by atoms with Gasteiger partial charge < -0.3 is 5.32 Å². The van der Waals surface area contributed by atoms with E-state index in [0.717, 1.165) is 10.2 Å². The van der Waals surface area contributed by atoms with E-state index in [9.17, 15) is 4.39 Å². The molecule has 1 aromatic heterocycles. The summed E-state index contributed by atoms with van der Waals surface area (Å²) in [7, 11) is 1.89. The van der Waals surface area contributed by atoms with Crippen molar-refractivity contribution in [2.45, 2.75) is 19.5 Å². The zero-order valence-corrected chi connectivity index (χ0v) is 11.9. The van der Waals surface area contributed by atoms with Gasteiger partial charge in [-0.3, -0.25) is 4.68 Å². The molecule has 0 fully saturated rings. The number of halogens is 2. The van der Waals surface area contributed by atoms with Crippen LogP contribution in [0.4, 0.5) is 4.39 Å². The van der Waals surface area contributed by atoms with Crippen LogP contribution in [0.2, 0.25) is 0 Å². The lowest BCUT2D eigenvalue weighted by molar-refractivity contribution is 0.515. The van der Waals surface area contributed by atoms with E-state index in [1.165, 1.54) is 6.07 Å². The number of aryl methyl sites for hydroxylation is 1. The Balaban J connectivity index is 2.06. The Labute approximate surface area is 114 Å².